The van der Waals surface area contributed by atoms with E-state index in [0.29, 0.717) is 18.1 Å². The largest absolute Gasteiger partial charge is 0.298 e. The number of rotatable bonds is 1. The van der Waals surface area contributed by atoms with Crippen molar-refractivity contribution in [1.29, 1.82) is 0 Å². The van der Waals surface area contributed by atoms with Gasteiger partial charge in [-0.1, -0.05) is 66.7 Å². The first-order valence-corrected chi connectivity index (χ1v) is 7.17. The Morgan fingerprint density at radius 3 is 2.55 bits per heavy atom. The molecule has 1 spiro atoms. The SMILES string of the molecule is O=C1C[C@@H](c2ccccc2)C[C@]12C=Cc1ccccc12. The second-order valence-corrected chi connectivity index (χ2v) is 5.83. The summed E-state index contributed by atoms with van der Waals surface area (Å²) < 4.78 is 0. The molecular weight excluding hydrogens is 244 g/mol. The summed E-state index contributed by atoms with van der Waals surface area (Å²) in [6, 6.07) is 18.7. The highest BCUT2D eigenvalue weighted by Gasteiger charge is 2.48. The van der Waals surface area contributed by atoms with E-state index in [-0.39, 0.29) is 5.41 Å². The second-order valence-electron chi connectivity index (χ2n) is 5.83. The Balaban J connectivity index is 1.76. The van der Waals surface area contributed by atoms with E-state index in [4.69, 9.17) is 0 Å². The van der Waals surface area contributed by atoms with Gasteiger partial charge in [-0.05, 0) is 29.0 Å². The number of ketones is 1. The van der Waals surface area contributed by atoms with E-state index in [9.17, 15) is 4.79 Å². The van der Waals surface area contributed by atoms with Crippen LogP contribution in [0.5, 0.6) is 0 Å². The van der Waals surface area contributed by atoms with Crippen LogP contribution in [0.25, 0.3) is 6.08 Å². The van der Waals surface area contributed by atoms with Gasteiger partial charge in [-0.15, -0.1) is 0 Å². The van der Waals surface area contributed by atoms with Crippen LogP contribution in [-0.2, 0) is 10.2 Å². The molecule has 0 aliphatic heterocycles. The van der Waals surface area contributed by atoms with E-state index in [1.165, 1.54) is 16.7 Å². The van der Waals surface area contributed by atoms with Crippen molar-refractivity contribution in [2.24, 2.45) is 0 Å². The fraction of sp³-hybridized carbons (Fsp3) is 0.211. The molecule has 4 rings (SSSR count). The summed E-state index contributed by atoms with van der Waals surface area (Å²) in [6.07, 6.45) is 5.80. The summed E-state index contributed by atoms with van der Waals surface area (Å²) >= 11 is 0. The van der Waals surface area contributed by atoms with Crippen LogP contribution < -0.4 is 0 Å². The number of carbonyl (C=O) groups is 1. The Morgan fingerprint density at radius 2 is 1.70 bits per heavy atom. The van der Waals surface area contributed by atoms with Crippen LogP contribution in [0.2, 0.25) is 0 Å². The molecule has 0 N–H and O–H groups in total. The van der Waals surface area contributed by atoms with Crippen LogP contribution in [0.1, 0.15) is 35.4 Å². The predicted octanol–water partition coefficient (Wildman–Crippen LogP) is 4.10. The summed E-state index contributed by atoms with van der Waals surface area (Å²) in [7, 11) is 0. The number of fused-ring (bicyclic) bond motifs is 2. The van der Waals surface area contributed by atoms with Crippen LogP contribution in [0.3, 0.4) is 0 Å². The average Bonchev–Trinajstić information content (AvgIpc) is 3.04. The van der Waals surface area contributed by atoms with Gasteiger partial charge in [0.15, 0.2) is 0 Å². The smallest absolute Gasteiger partial charge is 0.147 e. The van der Waals surface area contributed by atoms with Crippen molar-refractivity contribution in [2.75, 3.05) is 0 Å². The molecule has 1 fully saturated rings. The molecule has 98 valence electrons. The molecule has 0 amide bonds. The molecule has 0 saturated heterocycles. The average molecular weight is 260 g/mol. The third-order valence-corrected chi connectivity index (χ3v) is 4.76. The molecule has 1 nitrogen and oxygen atoms in total. The standard InChI is InChI=1S/C19H16O/c20-18-12-16(14-6-2-1-3-7-14)13-19(18)11-10-15-8-4-5-9-17(15)19/h1-11,16H,12-13H2/t16-,19+/m1/s1. The van der Waals surface area contributed by atoms with Crippen molar-refractivity contribution in [3.05, 3.63) is 77.4 Å². The van der Waals surface area contributed by atoms with Crippen LogP contribution in [0.15, 0.2) is 60.7 Å². The van der Waals surface area contributed by atoms with Crippen molar-refractivity contribution in [3.63, 3.8) is 0 Å². The van der Waals surface area contributed by atoms with E-state index in [1.54, 1.807) is 0 Å². The van der Waals surface area contributed by atoms with Crippen LogP contribution in [0.4, 0.5) is 0 Å². The van der Waals surface area contributed by atoms with E-state index >= 15 is 0 Å². The van der Waals surface area contributed by atoms with Gasteiger partial charge in [0.05, 0.1) is 5.41 Å². The van der Waals surface area contributed by atoms with Gasteiger partial charge in [0.25, 0.3) is 0 Å². The normalized spacial score (nSPS) is 27.2. The minimum atomic E-state index is -0.364. The van der Waals surface area contributed by atoms with E-state index in [0.717, 1.165) is 6.42 Å². The lowest BCUT2D eigenvalue weighted by atomic mass is 9.79. The molecular formula is C19H16O. The Bertz CT molecular complexity index is 699. The van der Waals surface area contributed by atoms with Gasteiger partial charge in [-0.3, -0.25) is 4.79 Å². The highest BCUT2D eigenvalue weighted by Crippen LogP contribution is 2.50. The summed E-state index contributed by atoms with van der Waals surface area (Å²) in [6.45, 7) is 0. The molecule has 2 aliphatic rings. The lowest BCUT2D eigenvalue weighted by molar-refractivity contribution is -0.120. The van der Waals surface area contributed by atoms with E-state index < -0.39 is 0 Å². The Labute approximate surface area is 119 Å². The molecule has 0 radical (unpaired) electrons. The first-order chi connectivity index (χ1) is 9.79. The Kier molecular flexibility index (Phi) is 2.43. The number of carbonyl (C=O) groups excluding carboxylic acids is 1. The van der Waals surface area contributed by atoms with E-state index in [1.807, 2.05) is 18.2 Å². The number of allylic oxidation sites excluding steroid dienone is 1. The molecule has 1 heteroatoms. The van der Waals surface area contributed by atoms with Gasteiger partial charge in [0, 0.05) is 6.42 Å². The zero-order chi connectivity index (χ0) is 13.6. The van der Waals surface area contributed by atoms with Crippen LogP contribution >= 0.6 is 0 Å². The van der Waals surface area contributed by atoms with Gasteiger partial charge < -0.3 is 0 Å². The third-order valence-electron chi connectivity index (χ3n) is 4.76. The molecule has 1 saturated carbocycles. The van der Waals surface area contributed by atoms with Crippen molar-refractivity contribution >= 4 is 11.9 Å². The maximum atomic E-state index is 12.7. The minimum Gasteiger partial charge on any atom is -0.298 e. The van der Waals surface area contributed by atoms with Crippen molar-refractivity contribution in [2.45, 2.75) is 24.2 Å². The maximum Gasteiger partial charge on any atom is 0.147 e. The van der Waals surface area contributed by atoms with Crippen LogP contribution in [-0.4, -0.2) is 5.78 Å². The predicted molar refractivity (Wildman–Crippen MR) is 80.6 cm³/mol. The zero-order valence-electron chi connectivity index (χ0n) is 11.3. The molecule has 2 aromatic carbocycles. The van der Waals surface area contributed by atoms with Gasteiger partial charge in [-0.25, -0.2) is 0 Å². The third kappa shape index (κ3) is 1.53. The highest BCUT2D eigenvalue weighted by molar-refractivity contribution is 5.99. The van der Waals surface area contributed by atoms with E-state index in [2.05, 4.69) is 48.6 Å². The zero-order valence-corrected chi connectivity index (χ0v) is 11.3. The fourth-order valence-corrected chi connectivity index (χ4v) is 3.73. The molecule has 2 aliphatic carbocycles. The van der Waals surface area contributed by atoms with Crippen molar-refractivity contribution in [1.82, 2.24) is 0 Å². The molecule has 2 atom stereocenters. The number of benzene rings is 2. The summed E-state index contributed by atoms with van der Waals surface area (Å²) in [5.74, 6) is 0.715. The lowest BCUT2D eigenvalue weighted by Gasteiger charge is -2.22. The number of hydrogen-bond donors (Lipinski definition) is 0. The highest BCUT2D eigenvalue weighted by atomic mass is 16.1. The molecule has 20 heavy (non-hydrogen) atoms. The Hall–Kier alpha value is -2.15. The lowest BCUT2D eigenvalue weighted by Crippen LogP contribution is -2.26. The van der Waals surface area contributed by atoms with Crippen molar-refractivity contribution < 1.29 is 4.79 Å². The van der Waals surface area contributed by atoms with Gasteiger partial charge in [0.2, 0.25) is 0 Å². The quantitative estimate of drug-likeness (QED) is 0.754. The molecule has 0 unspecified atom stereocenters. The number of Topliss-reactive ketones (excluding diaryl/α,β-unsaturated/α-hetero) is 1. The maximum absolute atomic E-state index is 12.7. The second kappa shape index (κ2) is 4.17. The summed E-state index contributed by atoms with van der Waals surface area (Å²) in [5.41, 5.74) is 3.32. The number of hydrogen-bond acceptors (Lipinski definition) is 1. The summed E-state index contributed by atoms with van der Waals surface area (Å²) in [5, 5.41) is 0. The Morgan fingerprint density at radius 1 is 0.950 bits per heavy atom. The fourth-order valence-electron chi connectivity index (χ4n) is 3.73. The molecule has 0 aromatic heterocycles. The molecule has 0 bridgehead atoms. The van der Waals surface area contributed by atoms with Gasteiger partial charge >= 0.3 is 0 Å². The topological polar surface area (TPSA) is 17.1 Å². The minimum absolute atomic E-state index is 0.347. The first-order valence-electron chi connectivity index (χ1n) is 7.17. The van der Waals surface area contributed by atoms with Crippen LogP contribution in [0, 0.1) is 0 Å². The van der Waals surface area contributed by atoms with Crippen molar-refractivity contribution in [3.8, 4) is 0 Å². The monoisotopic (exact) mass is 260 g/mol. The van der Waals surface area contributed by atoms with Gasteiger partial charge in [-0.2, -0.15) is 0 Å². The molecule has 0 heterocycles. The molecule has 2 aromatic rings. The first kappa shape index (κ1) is 11.7. The van der Waals surface area contributed by atoms with Gasteiger partial charge in [0.1, 0.15) is 5.78 Å². The summed E-state index contributed by atoms with van der Waals surface area (Å²) in [4.78, 5) is 12.7.